The molecule has 12 heteroatoms. The van der Waals surface area contributed by atoms with Gasteiger partial charge in [-0.25, -0.2) is 21.6 Å². The highest BCUT2D eigenvalue weighted by molar-refractivity contribution is 7.92. The Hall–Kier alpha value is -4.03. The SMILES string of the molecule is Cc1ccc(S(=O)(=O)CC(CS(=O)(=O)c2ccc(C)cc2)C(=O)c2ccc(C(=O)NCCNC(=O)OC(C)(C)C)cc2)cc1. The van der Waals surface area contributed by atoms with Crippen LogP contribution in [0.2, 0.25) is 0 Å². The number of Topliss-reactive ketones (excluding diaryl/α,β-unsaturated/α-hetero) is 1. The van der Waals surface area contributed by atoms with Crippen molar-refractivity contribution in [2.24, 2.45) is 5.92 Å². The van der Waals surface area contributed by atoms with E-state index in [1.54, 1.807) is 45.0 Å². The Labute approximate surface area is 259 Å². The minimum absolute atomic E-state index is 0.0122. The van der Waals surface area contributed by atoms with E-state index in [0.717, 1.165) is 11.1 Å². The fourth-order valence-electron chi connectivity index (χ4n) is 4.19. The second-order valence-corrected chi connectivity index (χ2v) is 15.6. The lowest BCUT2D eigenvalue weighted by Crippen LogP contribution is -2.37. The number of ketones is 1. The number of alkyl carbamates (subject to hydrolysis) is 1. The number of sulfone groups is 2. The summed E-state index contributed by atoms with van der Waals surface area (Å²) in [4.78, 5) is 37.9. The highest BCUT2D eigenvalue weighted by atomic mass is 32.2. The molecular weight excluding hydrogens is 604 g/mol. The fourth-order valence-corrected chi connectivity index (χ4v) is 7.42. The molecule has 3 aromatic carbocycles. The molecule has 0 aliphatic rings. The summed E-state index contributed by atoms with van der Waals surface area (Å²) in [5, 5.41) is 5.17. The Balaban J connectivity index is 1.77. The number of hydrogen-bond acceptors (Lipinski definition) is 8. The van der Waals surface area contributed by atoms with Crippen LogP contribution < -0.4 is 10.6 Å². The zero-order valence-electron chi connectivity index (χ0n) is 25.4. The molecule has 236 valence electrons. The summed E-state index contributed by atoms with van der Waals surface area (Å²) in [5.41, 5.74) is 1.33. The van der Waals surface area contributed by atoms with Crippen molar-refractivity contribution < 1.29 is 36.0 Å². The van der Waals surface area contributed by atoms with Gasteiger partial charge in [-0.2, -0.15) is 0 Å². The van der Waals surface area contributed by atoms with E-state index in [0.29, 0.717) is 0 Å². The highest BCUT2D eigenvalue weighted by Crippen LogP contribution is 2.23. The van der Waals surface area contributed by atoms with E-state index in [-0.39, 0.29) is 34.0 Å². The Kier molecular flexibility index (Phi) is 11.1. The second kappa shape index (κ2) is 14.2. The van der Waals surface area contributed by atoms with Crippen molar-refractivity contribution in [1.29, 1.82) is 0 Å². The van der Waals surface area contributed by atoms with Crippen LogP contribution in [0.3, 0.4) is 0 Å². The first-order valence-electron chi connectivity index (χ1n) is 13.9. The number of carbonyl (C=O) groups excluding carboxylic acids is 3. The zero-order valence-corrected chi connectivity index (χ0v) is 27.0. The average molecular weight is 643 g/mol. The van der Waals surface area contributed by atoms with Crippen LogP contribution >= 0.6 is 0 Å². The number of amides is 2. The van der Waals surface area contributed by atoms with Gasteiger partial charge >= 0.3 is 6.09 Å². The minimum Gasteiger partial charge on any atom is -0.444 e. The first-order valence-corrected chi connectivity index (χ1v) is 17.3. The Morgan fingerprint density at radius 3 is 1.50 bits per heavy atom. The minimum atomic E-state index is -4.03. The molecule has 0 aliphatic heterocycles. The van der Waals surface area contributed by atoms with Crippen LogP contribution in [0.5, 0.6) is 0 Å². The van der Waals surface area contributed by atoms with Crippen molar-refractivity contribution in [2.75, 3.05) is 24.6 Å². The Morgan fingerprint density at radius 1 is 0.659 bits per heavy atom. The summed E-state index contributed by atoms with van der Waals surface area (Å²) in [7, 11) is -8.06. The van der Waals surface area contributed by atoms with Gasteiger partial charge in [-0.15, -0.1) is 0 Å². The standard InChI is InChI=1S/C32H38N2O8S2/c1-22-6-14-27(15-7-22)43(38,39)20-26(21-44(40,41)28-16-8-23(2)9-17-28)29(35)24-10-12-25(13-11-24)30(36)33-18-19-34-31(37)42-32(3,4)5/h6-17,26H,18-21H2,1-5H3,(H,33,36)(H,34,37). The molecule has 0 heterocycles. The van der Waals surface area contributed by atoms with Gasteiger partial charge in [0.15, 0.2) is 25.5 Å². The van der Waals surface area contributed by atoms with E-state index >= 15 is 0 Å². The number of benzene rings is 3. The molecule has 0 aromatic heterocycles. The number of carbonyl (C=O) groups is 3. The molecule has 0 fully saturated rings. The fraction of sp³-hybridized carbons (Fsp3) is 0.344. The van der Waals surface area contributed by atoms with Crippen LogP contribution in [-0.2, 0) is 24.4 Å². The molecule has 0 bridgehead atoms. The monoisotopic (exact) mass is 642 g/mol. The summed E-state index contributed by atoms with van der Waals surface area (Å²) in [6.07, 6.45) is -0.613. The molecule has 3 aromatic rings. The van der Waals surface area contributed by atoms with Crippen LogP contribution in [0.15, 0.2) is 82.6 Å². The summed E-state index contributed by atoms with van der Waals surface area (Å²) in [6, 6.07) is 17.7. The van der Waals surface area contributed by atoms with Crippen LogP contribution in [0, 0.1) is 19.8 Å². The van der Waals surface area contributed by atoms with Crippen LogP contribution in [0.1, 0.15) is 52.6 Å². The molecule has 0 saturated heterocycles. The van der Waals surface area contributed by atoms with Crippen LogP contribution in [0.25, 0.3) is 0 Å². The van der Waals surface area contributed by atoms with Crippen molar-refractivity contribution in [3.8, 4) is 0 Å². The largest absolute Gasteiger partial charge is 0.444 e. The predicted octanol–water partition coefficient (Wildman–Crippen LogP) is 4.30. The predicted molar refractivity (Wildman–Crippen MR) is 167 cm³/mol. The molecular formula is C32H38N2O8S2. The zero-order chi connectivity index (χ0) is 32.7. The van der Waals surface area contributed by atoms with E-state index in [4.69, 9.17) is 4.74 Å². The molecule has 0 aliphatic carbocycles. The van der Waals surface area contributed by atoms with Crippen molar-refractivity contribution in [3.63, 3.8) is 0 Å². The van der Waals surface area contributed by atoms with E-state index in [1.807, 2.05) is 13.8 Å². The van der Waals surface area contributed by atoms with Gasteiger partial charge in [0.05, 0.1) is 27.2 Å². The van der Waals surface area contributed by atoms with Gasteiger partial charge in [0.25, 0.3) is 5.91 Å². The van der Waals surface area contributed by atoms with E-state index < -0.39 is 60.5 Å². The molecule has 0 spiro atoms. The summed E-state index contributed by atoms with van der Waals surface area (Å²) < 4.78 is 58.3. The van der Waals surface area contributed by atoms with E-state index in [9.17, 15) is 31.2 Å². The number of aryl methyl sites for hydroxylation is 2. The van der Waals surface area contributed by atoms with E-state index in [2.05, 4.69) is 10.6 Å². The molecule has 0 atom stereocenters. The normalized spacial score (nSPS) is 12.0. The lowest BCUT2D eigenvalue weighted by atomic mass is 9.99. The third kappa shape index (κ3) is 10.0. The van der Waals surface area contributed by atoms with Gasteiger partial charge in [0.2, 0.25) is 0 Å². The maximum absolute atomic E-state index is 13.6. The summed E-state index contributed by atoms with van der Waals surface area (Å²) in [6.45, 7) is 9.06. The molecule has 0 radical (unpaired) electrons. The first-order chi connectivity index (χ1) is 20.5. The van der Waals surface area contributed by atoms with Gasteiger partial charge in [0, 0.05) is 24.2 Å². The Morgan fingerprint density at radius 2 is 1.07 bits per heavy atom. The molecule has 0 unspecified atom stereocenters. The Bertz CT molecular complexity index is 1610. The van der Waals surface area contributed by atoms with Crippen molar-refractivity contribution >= 4 is 37.5 Å². The average Bonchev–Trinajstić information content (AvgIpc) is 2.94. The lowest BCUT2D eigenvalue weighted by Gasteiger charge is -2.19. The number of ether oxygens (including phenoxy) is 1. The van der Waals surface area contributed by atoms with Gasteiger partial charge in [-0.05, 0) is 71.0 Å². The molecule has 44 heavy (non-hydrogen) atoms. The van der Waals surface area contributed by atoms with Crippen molar-refractivity contribution in [1.82, 2.24) is 10.6 Å². The first kappa shape index (κ1) is 34.5. The molecule has 10 nitrogen and oxygen atoms in total. The number of nitrogens with one attached hydrogen (secondary N) is 2. The highest BCUT2D eigenvalue weighted by Gasteiger charge is 2.33. The maximum atomic E-state index is 13.6. The summed E-state index contributed by atoms with van der Waals surface area (Å²) >= 11 is 0. The maximum Gasteiger partial charge on any atom is 0.407 e. The summed E-state index contributed by atoms with van der Waals surface area (Å²) in [5.74, 6) is -3.98. The molecule has 2 N–H and O–H groups in total. The lowest BCUT2D eigenvalue weighted by molar-refractivity contribution is 0.0526. The van der Waals surface area contributed by atoms with Gasteiger partial charge in [-0.3, -0.25) is 9.59 Å². The van der Waals surface area contributed by atoms with Crippen molar-refractivity contribution in [2.45, 2.75) is 50.0 Å². The smallest absolute Gasteiger partial charge is 0.407 e. The number of hydrogen-bond donors (Lipinski definition) is 2. The third-order valence-corrected chi connectivity index (χ3v) is 10.1. The second-order valence-electron chi connectivity index (χ2n) is 11.5. The third-order valence-electron chi connectivity index (χ3n) is 6.48. The van der Waals surface area contributed by atoms with Crippen molar-refractivity contribution in [3.05, 3.63) is 95.1 Å². The number of rotatable bonds is 12. The molecule has 2 amide bonds. The van der Waals surface area contributed by atoms with Gasteiger partial charge in [0.1, 0.15) is 5.60 Å². The molecule has 3 rings (SSSR count). The van der Waals surface area contributed by atoms with Gasteiger partial charge in [-0.1, -0.05) is 47.5 Å². The van der Waals surface area contributed by atoms with E-state index in [1.165, 1.54) is 48.5 Å². The van der Waals surface area contributed by atoms with Crippen LogP contribution in [0.4, 0.5) is 4.79 Å². The van der Waals surface area contributed by atoms with Gasteiger partial charge < -0.3 is 15.4 Å². The van der Waals surface area contributed by atoms with Crippen LogP contribution in [-0.4, -0.2) is 64.8 Å². The quantitative estimate of drug-likeness (QED) is 0.219. The molecule has 0 saturated carbocycles. The topological polar surface area (TPSA) is 153 Å².